The summed E-state index contributed by atoms with van der Waals surface area (Å²) in [4.78, 5) is 0. The number of hydrogen-bond acceptors (Lipinski definition) is 3. The molecule has 24 heavy (non-hydrogen) atoms. The van der Waals surface area contributed by atoms with Crippen LogP contribution < -0.4 is 0 Å². The second-order valence-electron chi connectivity index (χ2n) is 6.43. The van der Waals surface area contributed by atoms with Crippen LogP contribution in [-0.2, 0) is 14.3 Å². The molecule has 0 atom stereocenters. The number of rotatable bonds is 18. The van der Waals surface area contributed by atoms with E-state index in [4.69, 9.17) is 4.18 Å². The zero-order chi connectivity index (χ0) is 17.2. The summed E-state index contributed by atoms with van der Waals surface area (Å²) >= 11 is 0. The summed E-state index contributed by atoms with van der Waals surface area (Å²) in [6.45, 7) is 5.98. The van der Waals surface area contributed by atoms with E-state index < -0.39 is 10.1 Å². The molecule has 0 N–H and O–H groups in total. The molecular formula is C19H39NaO3S. The average Bonchev–Trinajstić information content (AvgIpc) is 2.51. The molecule has 140 valence electrons. The number of hydrogen-bond donors (Lipinski definition) is 0. The predicted molar refractivity (Wildman–Crippen MR) is 107 cm³/mol. The fraction of sp³-hybridized carbons (Fsp3) is 0.895. The summed E-state index contributed by atoms with van der Waals surface area (Å²) in [5, 5.41) is 0. The quantitative estimate of drug-likeness (QED) is 0.141. The Morgan fingerprint density at radius 3 is 1.50 bits per heavy atom. The van der Waals surface area contributed by atoms with Crippen molar-refractivity contribution in [3.63, 3.8) is 0 Å². The van der Waals surface area contributed by atoms with Gasteiger partial charge in [0.1, 0.15) is 0 Å². The first kappa shape index (κ1) is 26.9. The molecule has 3 nitrogen and oxygen atoms in total. The summed E-state index contributed by atoms with van der Waals surface area (Å²) in [6.07, 6.45) is 19.5. The first-order chi connectivity index (χ1) is 11.1. The zero-order valence-corrected chi connectivity index (χ0v) is 16.0. The van der Waals surface area contributed by atoms with Gasteiger partial charge in [-0.1, -0.05) is 96.5 Å². The molecule has 0 unspecified atom stereocenters. The van der Waals surface area contributed by atoms with Crippen LogP contribution in [0.4, 0.5) is 0 Å². The molecule has 0 aromatic carbocycles. The van der Waals surface area contributed by atoms with Crippen molar-refractivity contribution in [2.75, 3.05) is 12.4 Å². The van der Waals surface area contributed by atoms with Gasteiger partial charge < -0.3 is 0 Å². The Labute approximate surface area is 173 Å². The fourth-order valence-corrected chi connectivity index (χ4v) is 3.43. The van der Waals surface area contributed by atoms with Crippen LogP contribution >= 0.6 is 0 Å². The van der Waals surface area contributed by atoms with Gasteiger partial charge in [0.05, 0.1) is 12.4 Å². The van der Waals surface area contributed by atoms with E-state index >= 15 is 0 Å². The van der Waals surface area contributed by atoms with Crippen LogP contribution in [0.1, 0.15) is 96.8 Å². The molecule has 0 heterocycles. The molecule has 0 aliphatic carbocycles. The van der Waals surface area contributed by atoms with Gasteiger partial charge in [-0.25, -0.2) is 0 Å². The van der Waals surface area contributed by atoms with E-state index in [1.165, 1.54) is 83.1 Å². The third-order valence-electron chi connectivity index (χ3n) is 4.08. The predicted octanol–water partition coefficient (Wildman–Crippen LogP) is 5.35. The molecule has 0 fully saturated rings. The molecule has 5 heteroatoms. The van der Waals surface area contributed by atoms with Crippen LogP contribution in [0.2, 0.25) is 0 Å². The first-order valence-electron chi connectivity index (χ1n) is 9.60. The van der Waals surface area contributed by atoms with Gasteiger partial charge in [-0.05, 0) is 6.42 Å². The Morgan fingerprint density at radius 2 is 1.12 bits per heavy atom. The van der Waals surface area contributed by atoms with Gasteiger partial charge in [0.2, 0.25) is 0 Å². The minimum absolute atomic E-state index is 0. The topological polar surface area (TPSA) is 43.4 Å². The van der Waals surface area contributed by atoms with E-state index in [1.54, 1.807) is 0 Å². The van der Waals surface area contributed by atoms with Crippen LogP contribution in [0.3, 0.4) is 0 Å². The summed E-state index contributed by atoms with van der Waals surface area (Å²) < 4.78 is 27.4. The molecular weight excluding hydrogens is 331 g/mol. The van der Waals surface area contributed by atoms with E-state index in [0.29, 0.717) is 6.61 Å². The molecule has 0 rings (SSSR count). The molecule has 0 bridgehead atoms. The Bertz CT molecular complexity index is 356. The van der Waals surface area contributed by atoms with Crippen molar-refractivity contribution in [1.82, 2.24) is 0 Å². The van der Waals surface area contributed by atoms with Gasteiger partial charge in [-0.3, -0.25) is 4.18 Å². The van der Waals surface area contributed by atoms with E-state index in [2.05, 4.69) is 13.5 Å². The van der Waals surface area contributed by atoms with E-state index in [0.717, 1.165) is 12.8 Å². The van der Waals surface area contributed by atoms with Crippen molar-refractivity contribution in [1.29, 1.82) is 0 Å². The molecule has 0 aliphatic heterocycles. The standard InChI is InChI=1S/C19H38O3S.Na.H/c1-3-5-6-7-8-9-10-11-12-13-14-15-16-17-18-22-23(20,21)19-4-2;;/h4H,2-3,5-19H2,1H3;;. The van der Waals surface area contributed by atoms with Gasteiger partial charge in [0, 0.05) is 0 Å². The maximum absolute atomic E-state index is 11.3. The van der Waals surface area contributed by atoms with E-state index in [-0.39, 0.29) is 35.3 Å². The summed E-state index contributed by atoms with van der Waals surface area (Å²) in [7, 11) is -3.37. The summed E-state index contributed by atoms with van der Waals surface area (Å²) in [6, 6.07) is 0. The second-order valence-corrected chi connectivity index (χ2v) is 8.12. The normalized spacial score (nSPS) is 11.2. The third kappa shape index (κ3) is 20.7. The third-order valence-corrected chi connectivity index (χ3v) is 5.25. The van der Waals surface area contributed by atoms with Gasteiger partial charge in [0.15, 0.2) is 0 Å². The van der Waals surface area contributed by atoms with Crippen molar-refractivity contribution in [3.05, 3.63) is 12.7 Å². The van der Waals surface area contributed by atoms with Crippen LogP contribution in [0.25, 0.3) is 0 Å². The van der Waals surface area contributed by atoms with Gasteiger partial charge in [-0.2, -0.15) is 8.42 Å². The second kappa shape index (κ2) is 20.0. The minimum atomic E-state index is -3.37. The SMILES string of the molecule is C=CCS(=O)(=O)OCCCCCCCCCCCCCCCC.[NaH]. The van der Waals surface area contributed by atoms with Crippen molar-refractivity contribution in [2.45, 2.75) is 96.8 Å². The van der Waals surface area contributed by atoms with Crippen molar-refractivity contribution in [2.24, 2.45) is 0 Å². The molecule has 0 aromatic heterocycles. The van der Waals surface area contributed by atoms with Crippen LogP contribution in [0.5, 0.6) is 0 Å². The fourth-order valence-electron chi connectivity index (χ4n) is 2.67. The van der Waals surface area contributed by atoms with Crippen LogP contribution in [0, 0.1) is 0 Å². The monoisotopic (exact) mass is 370 g/mol. The maximum atomic E-state index is 11.3. The molecule has 0 spiro atoms. The van der Waals surface area contributed by atoms with Gasteiger partial charge >= 0.3 is 29.6 Å². The zero-order valence-electron chi connectivity index (χ0n) is 15.2. The van der Waals surface area contributed by atoms with Gasteiger partial charge in [-0.15, -0.1) is 6.58 Å². The molecule has 0 amide bonds. The molecule has 0 radical (unpaired) electrons. The van der Waals surface area contributed by atoms with Crippen LogP contribution in [0.15, 0.2) is 12.7 Å². The molecule has 0 aliphatic rings. The van der Waals surface area contributed by atoms with E-state index in [9.17, 15) is 8.42 Å². The van der Waals surface area contributed by atoms with Crippen molar-refractivity contribution >= 4 is 39.7 Å². The van der Waals surface area contributed by atoms with E-state index in [1.807, 2.05) is 0 Å². The Morgan fingerprint density at radius 1 is 0.750 bits per heavy atom. The summed E-state index contributed by atoms with van der Waals surface area (Å²) in [5.74, 6) is -0.0917. The first-order valence-corrected chi connectivity index (χ1v) is 11.2. The van der Waals surface area contributed by atoms with Crippen LogP contribution in [-0.4, -0.2) is 50.3 Å². The van der Waals surface area contributed by atoms with Crippen molar-refractivity contribution in [3.8, 4) is 0 Å². The van der Waals surface area contributed by atoms with Crippen molar-refractivity contribution < 1.29 is 12.6 Å². The Kier molecular flexibility index (Phi) is 22.4. The molecule has 0 aromatic rings. The summed E-state index contributed by atoms with van der Waals surface area (Å²) in [5.41, 5.74) is 0. The van der Waals surface area contributed by atoms with Gasteiger partial charge in [0.25, 0.3) is 10.1 Å². The molecule has 0 saturated heterocycles. The average molecular weight is 371 g/mol. The Hall–Kier alpha value is 0.650. The Balaban J connectivity index is 0. The molecule has 0 saturated carbocycles. The number of unbranched alkanes of at least 4 members (excludes halogenated alkanes) is 13.